The largest absolute Gasteiger partial charge is 0.414 e. The monoisotopic (exact) mass is 370 g/mol. The summed E-state index contributed by atoms with van der Waals surface area (Å²) in [5, 5.41) is 0.614. The maximum atomic E-state index is 6.82. The van der Waals surface area contributed by atoms with E-state index in [1.165, 1.54) is 25.7 Å². The third kappa shape index (κ3) is 4.18. The van der Waals surface area contributed by atoms with Gasteiger partial charge in [-0.1, -0.05) is 41.5 Å². The molecule has 24 heavy (non-hydrogen) atoms. The van der Waals surface area contributed by atoms with Crippen molar-refractivity contribution in [3.8, 4) is 0 Å². The fraction of sp³-hybridized carbons (Fsp3) is 1.00. The summed E-state index contributed by atoms with van der Waals surface area (Å²) in [6, 6.07) is 0. The van der Waals surface area contributed by atoms with Crippen LogP contribution in [-0.4, -0.2) is 28.8 Å². The SMILES string of the molecule is CC(C)(C)[Si](C)(C)OC1CC[C@H]2C[C@@H](O[Si](C)(C)C(C)(C)C)C[C@@H]12. The zero-order valence-corrected chi connectivity index (χ0v) is 20.0. The molecule has 0 N–H and O–H groups in total. The predicted molar refractivity (Wildman–Crippen MR) is 110 cm³/mol. The van der Waals surface area contributed by atoms with Gasteiger partial charge in [0.2, 0.25) is 0 Å². The van der Waals surface area contributed by atoms with Crippen molar-refractivity contribution in [1.82, 2.24) is 0 Å². The lowest BCUT2D eigenvalue weighted by atomic mass is 9.99. The number of rotatable bonds is 4. The molecule has 2 aliphatic rings. The van der Waals surface area contributed by atoms with E-state index in [2.05, 4.69) is 67.7 Å². The Balaban J connectivity index is 1.99. The van der Waals surface area contributed by atoms with Gasteiger partial charge >= 0.3 is 0 Å². The molecule has 2 saturated carbocycles. The van der Waals surface area contributed by atoms with Crippen molar-refractivity contribution >= 4 is 16.6 Å². The molecule has 0 aromatic carbocycles. The lowest BCUT2D eigenvalue weighted by molar-refractivity contribution is 0.117. The molecule has 0 saturated heterocycles. The van der Waals surface area contributed by atoms with Gasteiger partial charge in [0.15, 0.2) is 16.6 Å². The van der Waals surface area contributed by atoms with Crippen LogP contribution in [0.15, 0.2) is 0 Å². The first-order chi connectivity index (χ1) is 10.6. The van der Waals surface area contributed by atoms with E-state index in [0.29, 0.717) is 22.3 Å². The molecule has 2 aliphatic carbocycles. The van der Waals surface area contributed by atoms with E-state index in [1.54, 1.807) is 0 Å². The molecule has 4 atom stereocenters. The second-order valence-electron chi connectivity index (χ2n) is 11.4. The van der Waals surface area contributed by atoms with Crippen LogP contribution in [-0.2, 0) is 8.85 Å². The first-order valence-corrected chi connectivity index (χ1v) is 15.8. The maximum absolute atomic E-state index is 6.82. The standard InChI is InChI=1S/C20H42O2Si2/c1-19(2,3)23(7,8)21-16-13-15-11-12-18(17(15)14-16)22-24(9,10)20(4,5)6/h15-18H,11-14H2,1-10H3/t15-,16+,17+,18?/m0/s1. The summed E-state index contributed by atoms with van der Waals surface area (Å²) in [7, 11) is -3.31. The molecule has 0 bridgehead atoms. The van der Waals surface area contributed by atoms with Crippen molar-refractivity contribution in [3.63, 3.8) is 0 Å². The Bertz CT molecular complexity index is 446. The molecule has 0 amide bonds. The van der Waals surface area contributed by atoms with E-state index >= 15 is 0 Å². The lowest BCUT2D eigenvalue weighted by Crippen LogP contribution is -2.45. The number of fused-ring (bicyclic) bond motifs is 1. The molecule has 0 heterocycles. The first kappa shape index (κ1) is 20.7. The van der Waals surface area contributed by atoms with Gasteiger partial charge in [-0.2, -0.15) is 0 Å². The van der Waals surface area contributed by atoms with Crippen LogP contribution in [0.5, 0.6) is 0 Å². The van der Waals surface area contributed by atoms with Crippen LogP contribution < -0.4 is 0 Å². The van der Waals surface area contributed by atoms with Gasteiger partial charge in [-0.15, -0.1) is 0 Å². The molecular weight excluding hydrogens is 328 g/mol. The van der Waals surface area contributed by atoms with Gasteiger partial charge in [-0.25, -0.2) is 0 Å². The van der Waals surface area contributed by atoms with Crippen molar-refractivity contribution in [2.45, 2.75) is 116 Å². The first-order valence-electron chi connectivity index (χ1n) is 10.00. The average Bonchev–Trinajstić information content (AvgIpc) is 2.87. The minimum Gasteiger partial charge on any atom is -0.414 e. The summed E-state index contributed by atoms with van der Waals surface area (Å²) in [6.07, 6.45) is 6.09. The second kappa shape index (κ2) is 6.51. The Morgan fingerprint density at radius 3 is 1.71 bits per heavy atom. The third-order valence-electron chi connectivity index (χ3n) is 7.53. The van der Waals surface area contributed by atoms with Gasteiger partial charge in [0.05, 0.1) is 0 Å². The summed E-state index contributed by atoms with van der Waals surface area (Å²) in [5.74, 6) is 1.59. The smallest absolute Gasteiger partial charge is 0.192 e. The fourth-order valence-electron chi connectivity index (χ4n) is 3.88. The summed E-state index contributed by atoms with van der Waals surface area (Å²) in [6.45, 7) is 23.7. The summed E-state index contributed by atoms with van der Waals surface area (Å²) >= 11 is 0. The molecule has 4 heteroatoms. The fourth-order valence-corrected chi connectivity index (χ4v) is 6.66. The molecular formula is C20H42O2Si2. The van der Waals surface area contributed by atoms with E-state index in [1.807, 2.05) is 0 Å². The van der Waals surface area contributed by atoms with E-state index < -0.39 is 16.6 Å². The minimum atomic E-state index is -1.66. The predicted octanol–water partition coefficient (Wildman–Crippen LogP) is 6.59. The zero-order valence-electron chi connectivity index (χ0n) is 18.0. The highest BCUT2D eigenvalue weighted by Crippen LogP contribution is 2.50. The normalized spacial score (nSPS) is 32.2. The van der Waals surface area contributed by atoms with E-state index in [-0.39, 0.29) is 0 Å². The maximum Gasteiger partial charge on any atom is 0.192 e. The van der Waals surface area contributed by atoms with Crippen molar-refractivity contribution in [2.24, 2.45) is 11.8 Å². The van der Waals surface area contributed by atoms with Crippen LogP contribution in [0.1, 0.15) is 67.2 Å². The van der Waals surface area contributed by atoms with Crippen molar-refractivity contribution < 1.29 is 8.85 Å². The summed E-state index contributed by atoms with van der Waals surface area (Å²) in [4.78, 5) is 0. The molecule has 1 unspecified atom stereocenters. The molecule has 0 aromatic rings. The molecule has 0 aromatic heterocycles. The summed E-state index contributed by atoms with van der Waals surface area (Å²) < 4.78 is 13.6. The summed E-state index contributed by atoms with van der Waals surface area (Å²) in [5.41, 5.74) is 0. The quantitative estimate of drug-likeness (QED) is 0.520. The van der Waals surface area contributed by atoms with Crippen LogP contribution in [0, 0.1) is 11.8 Å². The Kier molecular flexibility index (Phi) is 5.60. The third-order valence-corrected chi connectivity index (χ3v) is 16.6. The average molecular weight is 371 g/mol. The second-order valence-corrected chi connectivity index (χ2v) is 20.9. The molecule has 142 valence electrons. The van der Waals surface area contributed by atoms with Gasteiger partial charge in [0, 0.05) is 12.2 Å². The minimum absolute atomic E-state index is 0.306. The van der Waals surface area contributed by atoms with E-state index in [9.17, 15) is 0 Å². The van der Waals surface area contributed by atoms with Gasteiger partial charge in [-0.05, 0) is 73.8 Å². The van der Waals surface area contributed by atoms with Crippen LogP contribution in [0.25, 0.3) is 0 Å². The number of hydrogen-bond acceptors (Lipinski definition) is 2. The van der Waals surface area contributed by atoms with Gasteiger partial charge in [0.1, 0.15) is 0 Å². The van der Waals surface area contributed by atoms with Gasteiger partial charge in [-0.3, -0.25) is 0 Å². The highest BCUT2D eigenvalue weighted by molar-refractivity contribution is 6.74. The zero-order chi connectivity index (χ0) is 18.6. The van der Waals surface area contributed by atoms with E-state index in [4.69, 9.17) is 8.85 Å². The van der Waals surface area contributed by atoms with Crippen molar-refractivity contribution in [2.75, 3.05) is 0 Å². The highest BCUT2D eigenvalue weighted by Gasteiger charge is 2.50. The van der Waals surface area contributed by atoms with Crippen LogP contribution >= 0.6 is 0 Å². The molecule has 2 fully saturated rings. The van der Waals surface area contributed by atoms with Crippen LogP contribution in [0.2, 0.25) is 36.3 Å². The van der Waals surface area contributed by atoms with Gasteiger partial charge in [0.25, 0.3) is 0 Å². The molecule has 2 rings (SSSR count). The Labute approximate surface area is 153 Å². The lowest BCUT2D eigenvalue weighted by Gasteiger charge is -2.40. The Morgan fingerprint density at radius 2 is 1.21 bits per heavy atom. The highest BCUT2D eigenvalue weighted by atomic mass is 28.4. The Hall–Kier alpha value is 0.354. The molecule has 0 aliphatic heterocycles. The molecule has 0 spiro atoms. The molecule has 2 nitrogen and oxygen atoms in total. The van der Waals surface area contributed by atoms with Crippen molar-refractivity contribution in [3.05, 3.63) is 0 Å². The van der Waals surface area contributed by atoms with Gasteiger partial charge < -0.3 is 8.85 Å². The molecule has 0 radical (unpaired) electrons. The van der Waals surface area contributed by atoms with Crippen molar-refractivity contribution in [1.29, 1.82) is 0 Å². The van der Waals surface area contributed by atoms with E-state index in [0.717, 1.165) is 11.8 Å². The Morgan fingerprint density at radius 1 is 0.708 bits per heavy atom. The topological polar surface area (TPSA) is 18.5 Å². The number of hydrogen-bond donors (Lipinski definition) is 0. The van der Waals surface area contributed by atoms with Crippen LogP contribution in [0.4, 0.5) is 0 Å². The van der Waals surface area contributed by atoms with Crippen LogP contribution in [0.3, 0.4) is 0 Å².